The van der Waals surface area contributed by atoms with Gasteiger partial charge in [-0.15, -0.1) is 0 Å². The van der Waals surface area contributed by atoms with Crippen LogP contribution in [-0.4, -0.2) is 96.9 Å². The summed E-state index contributed by atoms with van der Waals surface area (Å²) in [6.45, 7) is 4.21. The number of aliphatic hydroxyl groups excluding tert-OH is 3. The molecule has 2 rings (SSSR count). The van der Waals surface area contributed by atoms with Crippen LogP contribution in [0.15, 0.2) is 77.8 Å². The maximum Gasteiger partial charge on any atom is 0.481 e. The molecule has 0 bridgehead atoms. The summed E-state index contributed by atoms with van der Waals surface area (Å²) in [4.78, 5) is 62.0. The number of carbonyl (C=O) groups excluding carboxylic acids is 2. The number of nitrogen functional groups attached to an aromatic ring is 1. The van der Waals surface area contributed by atoms with Crippen molar-refractivity contribution in [3.63, 3.8) is 0 Å². The number of esters is 2. The fraction of sp³-hybridized carbons (Fsp3) is 0.704. The Morgan fingerprint density at radius 3 is 1.92 bits per heavy atom. The Bertz CT molecular complexity index is 2030. The number of nitrogens with two attached hydrogens (primary N) is 1. The van der Waals surface area contributed by atoms with E-state index in [0.29, 0.717) is 32.1 Å². The van der Waals surface area contributed by atoms with Gasteiger partial charge in [0.15, 0.2) is 12.3 Å². The van der Waals surface area contributed by atoms with Crippen molar-refractivity contribution in [3.05, 3.63) is 83.5 Å². The molecule has 1 aliphatic rings. The van der Waals surface area contributed by atoms with Crippen LogP contribution in [0, 0.1) is 5.92 Å². The molecule has 0 amide bonds. The molecule has 0 spiro atoms. The van der Waals surface area contributed by atoms with E-state index >= 15 is 0 Å². The van der Waals surface area contributed by atoms with Gasteiger partial charge in [0.05, 0.1) is 19.3 Å². The molecule has 1 aliphatic heterocycles. The Balaban J connectivity index is 1.80. The number of nitrogens with zero attached hydrogens (tertiary/aromatic N) is 2. The molecular weight excluding hydrogens is 1010 g/mol. The highest BCUT2D eigenvalue weighted by atomic mass is 31.3. The number of carbonyl (C=O) groups is 2. The highest BCUT2D eigenvalue weighted by molar-refractivity contribution is 7.61. The zero-order valence-electron chi connectivity index (χ0n) is 44.9. The third kappa shape index (κ3) is 34.0. The van der Waals surface area contributed by atoms with Crippen molar-refractivity contribution in [1.82, 2.24) is 9.55 Å². The molecular formula is C54H91N3O16P2. The molecule has 2 heterocycles. The molecule has 8 atom stereocenters. The van der Waals surface area contributed by atoms with Crippen LogP contribution in [0.4, 0.5) is 5.82 Å². The van der Waals surface area contributed by atoms with Gasteiger partial charge in [-0.05, 0) is 56.9 Å². The molecule has 19 nitrogen and oxygen atoms in total. The van der Waals surface area contributed by atoms with Gasteiger partial charge in [-0.2, -0.15) is 9.29 Å². The average Bonchev–Trinajstić information content (AvgIpc) is 3.63. The predicted octanol–water partition coefficient (Wildman–Crippen LogP) is 10.7. The molecule has 1 aromatic rings. The van der Waals surface area contributed by atoms with E-state index in [-0.39, 0.29) is 18.7 Å². The summed E-state index contributed by atoms with van der Waals surface area (Å²) in [6, 6.07) is 1.24. The molecule has 75 heavy (non-hydrogen) atoms. The van der Waals surface area contributed by atoms with E-state index in [1.165, 1.54) is 83.1 Å². The zero-order chi connectivity index (χ0) is 55.2. The van der Waals surface area contributed by atoms with E-state index in [1.807, 2.05) is 61.6 Å². The minimum atomic E-state index is -5.45. The SMILES string of the molecule is CC/C=C\C(O)C/C=C/C=C\C/C=C\C/C=C\CCCC(=O)OC[C@H](COP(=O)(O)OP(=O)(O)OC[C@H]1O[C@@H](n2ccc(N)nc2=O)[C@H](O)[C@@H]1O)OC(=O)CCCCCCCCCCCCCCCCCCC(C)C. The Morgan fingerprint density at radius 2 is 1.31 bits per heavy atom. The number of allylic oxidation sites excluding steroid dienone is 8. The van der Waals surface area contributed by atoms with Gasteiger partial charge in [0, 0.05) is 19.0 Å². The number of phosphoric acid groups is 2. The molecule has 7 N–H and O–H groups in total. The standard InChI is InChI=1S/C54H91N3O16P2/c1-4-5-35-45(58)36-31-27-23-19-15-12-13-16-20-24-28-32-37-49(59)68-41-46(71-50(60)38-33-29-25-21-17-11-9-7-6-8-10-14-18-22-26-30-34-44(2)3)42-69-74(64,65)73-75(66,67)70-43-47-51(61)52(62)53(72-47)57-40-39-48(55)56-54(57)63/h5,12-13,19-20,23-24,27,31,35,39-40,44-47,51-53,58,61-62H,4,6-11,14-18,21-22,25-26,28-30,32-34,36-38,41-43H2,1-3H3,(H,64,65)(H,66,67)(H2,55,56,63)/b13-12-,23-19-,24-20-,31-27+,35-5-/t45?,46-,47-,51-,52-,53-/m1/s1. The summed E-state index contributed by atoms with van der Waals surface area (Å²) in [5.41, 5.74) is 4.59. The van der Waals surface area contributed by atoms with Gasteiger partial charge < -0.3 is 45.1 Å². The number of aliphatic hydroxyl groups is 3. The summed E-state index contributed by atoms with van der Waals surface area (Å²) in [5, 5.41) is 30.7. The molecule has 3 unspecified atom stereocenters. The van der Waals surface area contributed by atoms with E-state index in [4.69, 9.17) is 29.0 Å². The number of anilines is 1. The first kappa shape index (κ1) is 67.5. The molecule has 1 fully saturated rings. The third-order valence-electron chi connectivity index (χ3n) is 12.1. The van der Waals surface area contributed by atoms with Gasteiger partial charge >= 0.3 is 33.3 Å². The minimum absolute atomic E-state index is 0.0300. The van der Waals surface area contributed by atoms with Gasteiger partial charge in [0.2, 0.25) is 0 Å². The lowest BCUT2D eigenvalue weighted by Crippen LogP contribution is -2.36. The van der Waals surface area contributed by atoms with Crippen molar-refractivity contribution in [2.75, 3.05) is 25.6 Å². The van der Waals surface area contributed by atoms with Gasteiger partial charge in [0.25, 0.3) is 0 Å². The van der Waals surface area contributed by atoms with Crippen molar-refractivity contribution < 1.29 is 71.4 Å². The number of rotatable bonds is 44. The molecule has 0 saturated carbocycles. The smallest absolute Gasteiger partial charge is 0.462 e. The summed E-state index contributed by atoms with van der Waals surface area (Å²) < 4.78 is 56.8. The average molecular weight is 1100 g/mol. The lowest BCUT2D eigenvalue weighted by molar-refractivity contribution is -0.161. The van der Waals surface area contributed by atoms with E-state index in [9.17, 15) is 48.6 Å². The van der Waals surface area contributed by atoms with Crippen LogP contribution < -0.4 is 11.4 Å². The second kappa shape index (κ2) is 40.6. The van der Waals surface area contributed by atoms with Crippen LogP contribution in [0.2, 0.25) is 0 Å². The predicted molar refractivity (Wildman–Crippen MR) is 290 cm³/mol. The Hall–Kier alpha value is -3.58. The summed E-state index contributed by atoms with van der Waals surface area (Å²) in [6.07, 6.45) is 36.5. The number of ether oxygens (including phenoxy) is 3. The molecule has 0 aliphatic carbocycles. The second-order valence-electron chi connectivity index (χ2n) is 19.4. The highest BCUT2D eigenvalue weighted by Gasteiger charge is 2.46. The van der Waals surface area contributed by atoms with Crippen molar-refractivity contribution in [3.8, 4) is 0 Å². The minimum Gasteiger partial charge on any atom is -0.462 e. The Morgan fingerprint density at radius 1 is 0.747 bits per heavy atom. The molecule has 21 heteroatoms. The number of unbranched alkanes of at least 4 members (excludes halogenated alkanes) is 16. The Labute approximate surface area is 445 Å². The first-order valence-corrected chi connectivity index (χ1v) is 30.3. The van der Waals surface area contributed by atoms with Crippen molar-refractivity contribution in [1.29, 1.82) is 0 Å². The van der Waals surface area contributed by atoms with Crippen LogP contribution in [0.3, 0.4) is 0 Å². The van der Waals surface area contributed by atoms with Crippen molar-refractivity contribution in [2.45, 2.75) is 218 Å². The normalized spacial score (nSPS) is 19.7. The van der Waals surface area contributed by atoms with Gasteiger partial charge in [-0.3, -0.25) is 23.2 Å². The fourth-order valence-electron chi connectivity index (χ4n) is 7.91. The molecule has 0 aromatic carbocycles. The van der Waals surface area contributed by atoms with E-state index < -0.39 is 89.8 Å². The number of aromatic nitrogens is 2. The quantitative estimate of drug-likeness (QED) is 0.0116. The number of hydrogen-bond donors (Lipinski definition) is 6. The van der Waals surface area contributed by atoms with Crippen LogP contribution in [-0.2, 0) is 46.3 Å². The topological polar surface area (TPSA) is 286 Å². The number of phosphoric ester groups is 2. The molecule has 428 valence electrons. The monoisotopic (exact) mass is 1100 g/mol. The van der Waals surface area contributed by atoms with Gasteiger partial charge in [0.1, 0.15) is 30.7 Å². The second-order valence-corrected chi connectivity index (χ2v) is 22.4. The molecule has 1 saturated heterocycles. The van der Waals surface area contributed by atoms with E-state index in [0.717, 1.165) is 55.2 Å². The fourth-order valence-corrected chi connectivity index (χ4v) is 10.0. The molecule has 0 radical (unpaired) electrons. The van der Waals surface area contributed by atoms with Crippen LogP contribution in [0.1, 0.15) is 188 Å². The first-order valence-electron chi connectivity index (χ1n) is 27.3. The van der Waals surface area contributed by atoms with Crippen LogP contribution >= 0.6 is 15.6 Å². The summed E-state index contributed by atoms with van der Waals surface area (Å²) >= 11 is 0. The van der Waals surface area contributed by atoms with Crippen LogP contribution in [0.5, 0.6) is 0 Å². The zero-order valence-corrected chi connectivity index (χ0v) is 46.7. The number of hydrogen-bond acceptors (Lipinski definition) is 16. The van der Waals surface area contributed by atoms with Crippen molar-refractivity contribution in [2.24, 2.45) is 5.92 Å². The first-order chi connectivity index (χ1) is 35.9. The van der Waals surface area contributed by atoms with E-state index in [1.54, 1.807) is 6.08 Å². The summed E-state index contributed by atoms with van der Waals surface area (Å²) in [7, 11) is -10.9. The lowest BCUT2D eigenvalue weighted by Gasteiger charge is -2.21. The highest BCUT2D eigenvalue weighted by Crippen LogP contribution is 2.60. The molecule has 1 aromatic heterocycles. The van der Waals surface area contributed by atoms with Gasteiger partial charge in [-0.1, -0.05) is 184 Å². The van der Waals surface area contributed by atoms with Crippen LogP contribution in [0.25, 0.3) is 0 Å². The largest absolute Gasteiger partial charge is 0.481 e. The Kier molecular flexibility index (Phi) is 36.6. The summed E-state index contributed by atoms with van der Waals surface area (Å²) in [5.74, 6) is -0.588. The maximum absolute atomic E-state index is 12.9. The van der Waals surface area contributed by atoms with Crippen molar-refractivity contribution >= 4 is 33.4 Å². The van der Waals surface area contributed by atoms with E-state index in [2.05, 4.69) is 23.1 Å². The lowest BCUT2D eigenvalue weighted by atomic mass is 10.0. The van der Waals surface area contributed by atoms with Gasteiger partial charge in [-0.25, -0.2) is 13.9 Å². The maximum atomic E-state index is 12.9. The third-order valence-corrected chi connectivity index (χ3v) is 14.7.